The predicted molar refractivity (Wildman–Crippen MR) is 75.9 cm³/mol. The van der Waals surface area contributed by atoms with Crippen molar-refractivity contribution in [2.45, 2.75) is 25.0 Å². The van der Waals surface area contributed by atoms with Crippen LogP contribution in [0.4, 0.5) is 5.69 Å². The maximum atomic E-state index is 10.8. The molecule has 3 rings (SSSR count). The lowest BCUT2D eigenvalue weighted by Gasteiger charge is -2.43. The molecule has 1 aromatic carbocycles. The third kappa shape index (κ3) is 1.37. The molecule has 0 fully saturated rings. The molecular formula is C15H16N2O3. The number of hydrogen-bond donors (Lipinski definition) is 0. The van der Waals surface area contributed by atoms with Crippen molar-refractivity contribution < 1.29 is 9.66 Å². The number of rotatable bonds is 1. The van der Waals surface area contributed by atoms with Gasteiger partial charge in [0.2, 0.25) is 5.72 Å². The lowest BCUT2D eigenvalue weighted by molar-refractivity contribution is -0.422. The monoisotopic (exact) mass is 272 g/mol. The average Bonchev–Trinajstić information content (AvgIpc) is 2.60. The molecule has 0 saturated carbocycles. The van der Waals surface area contributed by atoms with Crippen molar-refractivity contribution in [3.63, 3.8) is 0 Å². The van der Waals surface area contributed by atoms with Gasteiger partial charge in [-0.25, -0.2) is 0 Å². The Kier molecular flexibility index (Phi) is 2.45. The van der Waals surface area contributed by atoms with Gasteiger partial charge >= 0.3 is 5.70 Å². The van der Waals surface area contributed by atoms with Crippen LogP contribution in [0, 0.1) is 10.1 Å². The highest BCUT2D eigenvalue weighted by Gasteiger charge is 2.57. The van der Waals surface area contributed by atoms with E-state index >= 15 is 0 Å². The van der Waals surface area contributed by atoms with E-state index in [1.54, 1.807) is 6.08 Å². The van der Waals surface area contributed by atoms with Crippen molar-refractivity contribution in [1.29, 1.82) is 0 Å². The van der Waals surface area contributed by atoms with E-state index in [0.29, 0.717) is 0 Å². The average molecular weight is 272 g/mol. The third-order valence-corrected chi connectivity index (χ3v) is 4.38. The zero-order valence-corrected chi connectivity index (χ0v) is 11.7. The molecule has 0 amide bonds. The van der Waals surface area contributed by atoms with E-state index in [1.807, 2.05) is 30.1 Å². The van der Waals surface area contributed by atoms with Crippen molar-refractivity contribution in [1.82, 2.24) is 0 Å². The molecule has 2 heterocycles. The van der Waals surface area contributed by atoms with E-state index in [1.165, 1.54) is 17.9 Å². The number of anilines is 1. The zero-order valence-electron chi connectivity index (χ0n) is 11.7. The maximum absolute atomic E-state index is 10.8. The first-order valence-electron chi connectivity index (χ1n) is 6.45. The molecule has 0 bridgehead atoms. The molecule has 1 aromatic rings. The van der Waals surface area contributed by atoms with Crippen LogP contribution in [0.15, 0.2) is 48.4 Å². The van der Waals surface area contributed by atoms with Gasteiger partial charge < -0.3 is 9.64 Å². The highest BCUT2D eigenvalue weighted by atomic mass is 16.6. The van der Waals surface area contributed by atoms with E-state index in [-0.39, 0.29) is 11.1 Å². The lowest BCUT2D eigenvalue weighted by atomic mass is 9.77. The predicted octanol–water partition coefficient (Wildman–Crippen LogP) is 2.81. The second-order valence-electron chi connectivity index (χ2n) is 5.65. The number of para-hydroxylation sites is 1. The number of ether oxygens (including phenoxy) is 1. The van der Waals surface area contributed by atoms with Gasteiger partial charge in [0.25, 0.3) is 0 Å². The number of allylic oxidation sites excluding steroid dienone is 1. The van der Waals surface area contributed by atoms with Gasteiger partial charge in [-0.3, -0.25) is 10.1 Å². The van der Waals surface area contributed by atoms with Gasteiger partial charge in [0.05, 0.1) is 10.3 Å². The molecule has 2 aliphatic heterocycles. The van der Waals surface area contributed by atoms with Crippen molar-refractivity contribution in [3.8, 4) is 0 Å². The van der Waals surface area contributed by atoms with Gasteiger partial charge in [0, 0.05) is 18.8 Å². The summed E-state index contributed by atoms with van der Waals surface area (Å²) in [6, 6.07) is 8.09. The molecule has 0 radical (unpaired) electrons. The van der Waals surface area contributed by atoms with E-state index in [9.17, 15) is 10.1 Å². The summed E-state index contributed by atoms with van der Waals surface area (Å²) < 4.78 is 5.85. The van der Waals surface area contributed by atoms with Crippen molar-refractivity contribution in [2.24, 2.45) is 0 Å². The molecule has 5 nitrogen and oxygen atoms in total. The molecule has 2 aliphatic rings. The highest BCUT2D eigenvalue weighted by molar-refractivity contribution is 5.67. The van der Waals surface area contributed by atoms with Crippen LogP contribution >= 0.6 is 0 Å². The second-order valence-corrected chi connectivity index (χ2v) is 5.65. The van der Waals surface area contributed by atoms with Crippen molar-refractivity contribution in [3.05, 3.63) is 64.1 Å². The fourth-order valence-corrected chi connectivity index (χ4v) is 3.16. The van der Waals surface area contributed by atoms with Crippen LogP contribution in [-0.4, -0.2) is 17.7 Å². The standard InChI is InChI=1S/C15H16N2O3/c1-14(2)12-6-4-5-7-13(12)16(3)15(14)9-8-11(10-20-15)17(18)19/h4-10H,1-3H3. The topological polar surface area (TPSA) is 55.6 Å². The molecule has 104 valence electrons. The van der Waals surface area contributed by atoms with Crippen LogP contribution in [0.25, 0.3) is 0 Å². The Hall–Kier alpha value is -2.30. The summed E-state index contributed by atoms with van der Waals surface area (Å²) in [7, 11) is 1.95. The first-order chi connectivity index (χ1) is 9.40. The molecular weight excluding hydrogens is 256 g/mol. The number of nitro groups is 1. The van der Waals surface area contributed by atoms with Gasteiger partial charge in [-0.15, -0.1) is 0 Å². The minimum absolute atomic E-state index is 0.0317. The smallest absolute Gasteiger partial charge is 0.303 e. The molecule has 0 saturated heterocycles. The number of hydrogen-bond acceptors (Lipinski definition) is 4. The Morgan fingerprint density at radius 2 is 2.00 bits per heavy atom. The third-order valence-electron chi connectivity index (χ3n) is 4.38. The van der Waals surface area contributed by atoms with Gasteiger partial charge in [-0.2, -0.15) is 0 Å². The van der Waals surface area contributed by atoms with Crippen LogP contribution in [-0.2, 0) is 10.2 Å². The Morgan fingerprint density at radius 3 is 2.55 bits per heavy atom. The molecule has 0 N–H and O–H groups in total. The van der Waals surface area contributed by atoms with Crippen LogP contribution in [0.1, 0.15) is 19.4 Å². The molecule has 1 spiro atoms. The fourth-order valence-electron chi connectivity index (χ4n) is 3.16. The van der Waals surface area contributed by atoms with Gasteiger partial charge in [0.1, 0.15) is 0 Å². The van der Waals surface area contributed by atoms with Crippen molar-refractivity contribution >= 4 is 5.69 Å². The van der Waals surface area contributed by atoms with Crippen LogP contribution < -0.4 is 4.90 Å². The molecule has 1 atom stereocenters. The van der Waals surface area contributed by atoms with Crippen LogP contribution in [0.5, 0.6) is 0 Å². The molecule has 0 aromatic heterocycles. The normalized spacial score (nSPS) is 26.1. The number of nitrogens with zero attached hydrogens (tertiary/aromatic N) is 2. The van der Waals surface area contributed by atoms with E-state index < -0.39 is 10.6 Å². The zero-order chi connectivity index (χ0) is 14.5. The van der Waals surface area contributed by atoms with E-state index in [0.717, 1.165) is 5.69 Å². The minimum atomic E-state index is -0.726. The largest absolute Gasteiger partial charge is 0.464 e. The summed E-state index contributed by atoms with van der Waals surface area (Å²) >= 11 is 0. The highest BCUT2D eigenvalue weighted by Crippen LogP contribution is 2.53. The Labute approximate surface area is 117 Å². The summed E-state index contributed by atoms with van der Waals surface area (Å²) in [5.74, 6) is 0. The maximum Gasteiger partial charge on any atom is 0.303 e. The van der Waals surface area contributed by atoms with Gasteiger partial charge in [-0.1, -0.05) is 18.2 Å². The number of likely N-dealkylation sites (N-methyl/N-ethyl adjacent to an activating group) is 1. The van der Waals surface area contributed by atoms with E-state index in [4.69, 9.17) is 4.74 Å². The Morgan fingerprint density at radius 1 is 1.30 bits per heavy atom. The SMILES string of the molecule is CN1c2ccccc2C(C)(C)C12C=CC([N+](=O)[O-])=CO2. The van der Waals surface area contributed by atoms with Crippen LogP contribution in [0.3, 0.4) is 0 Å². The first kappa shape index (κ1) is 12.7. The fraction of sp³-hybridized carbons (Fsp3) is 0.333. The summed E-state index contributed by atoms with van der Waals surface area (Å²) in [4.78, 5) is 12.4. The summed E-state index contributed by atoms with van der Waals surface area (Å²) in [5.41, 5.74) is 1.19. The van der Waals surface area contributed by atoms with Gasteiger partial charge in [-0.05, 0) is 31.6 Å². The summed E-state index contributed by atoms with van der Waals surface area (Å²) in [6.07, 6.45) is 4.54. The molecule has 20 heavy (non-hydrogen) atoms. The number of benzene rings is 1. The summed E-state index contributed by atoms with van der Waals surface area (Å²) in [5, 5.41) is 10.8. The minimum Gasteiger partial charge on any atom is -0.464 e. The summed E-state index contributed by atoms with van der Waals surface area (Å²) in [6.45, 7) is 4.18. The van der Waals surface area contributed by atoms with Crippen LogP contribution in [0.2, 0.25) is 0 Å². The quantitative estimate of drug-likeness (QED) is 0.582. The van der Waals surface area contributed by atoms with Crippen molar-refractivity contribution in [2.75, 3.05) is 11.9 Å². The molecule has 5 heteroatoms. The molecule has 0 aliphatic carbocycles. The van der Waals surface area contributed by atoms with E-state index in [2.05, 4.69) is 19.9 Å². The number of fused-ring (bicyclic) bond motifs is 1. The Bertz CT molecular complexity index is 648. The first-order valence-corrected chi connectivity index (χ1v) is 6.45. The Balaban J connectivity index is 2.10. The molecule has 1 unspecified atom stereocenters. The lowest BCUT2D eigenvalue weighted by Crippen LogP contribution is -2.55. The second kappa shape index (κ2) is 3.85. The van der Waals surface area contributed by atoms with Gasteiger partial charge in [0.15, 0.2) is 6.26 Å².